The normalized spacial score (nSPS) is 14.6. The molecule has 5 aliphatic heterocycles. The highest BCUT2D eigenvalue weighted by Gasteiger charge is 2.32. The van der Waals surface area contributed by atoms with Crippen molar-refractivity contribution < 1.29 is 0 Å². The van der Waals surface area contributed by atoms with Crippen LogP contribution in [0, 0.1) is 0 Å². The number of aromatic amines is 6. The summed E-state index contributed by atoms with van der Waals surface area (Å²) < 4.78 is 7.81. The molecule has 33 nitrogen and oxygen atoms in total. The molecule has 0 amide bonds. The molecule has 11 N–H and O–H groups in total. The highest BCUT2D eigenvalue weighted by atomic mass is 79.9. The van der Waals surface area contributed by atoms with Gasteiger partial charge in [0.2, 0.25) is 29.7 Å². The van der Waals surface area contributed by atoms with Crippen LogP contribution in [0.15, 0.2) is 286 Å². The fourth-order valence-corrected chi connectivity index (χ4v) is 24.8. The maximum atomic E-state index is 12.6. The van der Waals surface area contributed by atoms with E-state index in [1.54, 1.807) is 62.9 Å². The molecule has 16 aromatic heterocycles. The van der Waals surface area contributed by atoms with Gasteiger partial charge in [0.25, 0.3) is 0 Å². The predicted octanol–water partition coefficient (Wildman–Crippen LogP) is 25.6. The molecule has 3 saturated heterocycles. The topological polar surface area (TPSA) is 386 Å². The van der Waals surface area contributed by atoms with Gasteiger partial charge in [0.05, 0.1) is 121 Å². The van der Waals surface area contributed by atoms with Gasteiger partial charge in [-0.05, 0) is 278 Å². The molecule has 0 atom stereocenters. The van der Waals surface area contributed by atoms with E-state index in [-0.39, 0.29) is 5.69 Å². The zero-order valence-electron chi connectivity index (χ0n) is 80.2. The van der Waals surface area contributed by atoms with Crippen molar-refractivity contribution in [2.75, 3.05) is 98.5 Å². The average molecular weight is 2120 g/mol. The van der Waals surface area contributed by atoms with E-state index in [4.69, 9.17) is 44.9 Å². The molecule has 0 spiro atoms. The van der Waals surface area contributed by atoms with Gasteiger partial charge in [0, 0.05) is 117 Å². The standard InChI is InChI=1S/C24H22N6S.C23H27N7S.C22H18N6S.C21H15BrN6S.C20H13N7OS/c1-2-4-16(5-3-1)17-8-11-30(12-9-17)24-27-21-10-13-31-22(21)23(28-24)26-19-6-7-20-18(14-19)15-25-29-20;1-2-9-29(10-3-1)18-6-11-30(12-7-18)23-26-20-8-13-31-21(20)22(27-23)25-17-4-5-19-16(14-17)15-24-28-19;1-2-6-19-14(4-1)5-3-10-28(19)22-25-18-9-11-29-20(18)21(26-22)24-16-7-8-17-15(12-16)13-23-27-17;22-14-1-4-18-12(9-14)5-7-28(18)21-25-17-6-8-29-19(17)20(26-21)24-15-2-3-16-13(10-15)11-23-27-16;28-20-24-14-3-1-2-4-16(14)27(20)19-23-15-7-8-29-17(15)18(25-19)22-12-5-6-13-11(9-12)10-21-26-13/h1-7,10,13-15,17H,8-9,11-12H2,(H,25,29)(H,26,27,28);4-5,8,13-15,18H,1-3,6-7,9-12H2,(H,24,28)(H,25,26,27);1-2,4,6-9,11-13H,3,5,10H2,(H,23,27)(H,24,25,26);1-4,6,8-11H,5,7H2,(H,23,27)(H,24,25,26);1-10H,(H,21,26)(H,24,28)(H,22,23,25). The number of piperidine rings is 3. The summed E-state index contributed by atoms with van der Waals surface area (Å²) >= 11 is 11.8. The van der Waals surface area contributed by atoms with Crippen LogP contribution in [0.5, 0.6) is 0 Å². The van der Waals surface area contributed by atoms with Crippen molar-refractivity contribution in [1.82, 2.24) is 115 Å². The molecule has 0 aliphatic carbocycles. The fraction of sp³-hybridized carbons (Fsp3) is 0.182. The Bertz CT molecular complexity index is 9250. The first-order valence-corrected chi connectivity index (χ1v) is 54.9. The lowest BCUT2D eigenvalue weighted by Crippen LogP contribution is -2.47. The number of halogens is 1. The van der Waals surface area contributed by atoms with E-state index < -0.39 is 0 Å². The Labute approximate surface area is 879 Å². The molecule has 0 unspecified atom stereocenters. The molecular weight excluding hydrogens is 2030 g/mol. The smallest absolute Gasteiger partial charge is 0.333 e. The number of aryl methyl sites for hydroxylation is 1. The van der Waals surface area contributed by atoms with Gasteiger partial charge < -0.3 is 56.1 Å². The van der Waals surface area contributed by atoms with Crippen LogP contribution in [0.25, 0.3) is 123 Å². The highest BCUT2D eigenvalue weighted by Crippen LogP contribution is 2.44. The summed E-state index contributed by atoms with van der Waals surface area (Å²) in [4.78, 5) is 75.9. The van der Waals surface area contributed by atoms with Gasteiger partial charge in [0.1, 0.15) is 0 Å². The van der Waals surface area contributed by atoms with Crippen molar-refractivity contribution in [3.05, 3.63) is 308 Å². The second-order valence-electron chi connectivity index (χ2n) is 37.3. The van der Waals surface area contributed by atoms with Crippen molar-refractivity contribution >= 4 is 282 Å². The maximum absolute atomic E-state index is 12.6. The molecule has 21 heterocycles. The van der Waals surface area contributed by atoms with E-state index in [1.807, 2.05) is 127 Å². The summed E-state index contributed by atoms with van der Waals surface area (Å²) in [7, 11) is 0. The molecule has 3 fully saturated rings. The first-order valence-electron chi connectivity index (χ1n) is 49.7. The second-order valence-corrected chi connectivity index (χ2v) is 42.8. The molecule has 25 aromatic rings. The summed E-state index contributed by atoms with van der Waals surface area (Å²) in [6.45, 7) is 8.34. The van der Waals surface area contributed by atoms with Gasteiger partial charge in [-0.2, -0.15) is 50.4 Å². The monoisotopic (exact) mass is 2120 g/mol. The van der Waals surface area contributed by atoms with Crippen molar-refractivity contribution in [2.45, 2.75) is 76.2 Å². The van der Waals surface area contributed by atoms with Crippen molar-refractivity contribution in [2.24, 2.45) is 0 Å². The van der Waals surface area contributed by atoms with Crippen LogP contribution in [0.4, 0.5) is 92.7 Å². The lowest BCUT2D eigenvalue weighted by atomic mass is 9.90. The van der Waals surface area contributed by atoms with Crippen LogP contribution in [-0.2, 0) is 12.8 Å². The predicted molar refractivity (Wildman–Crippen MR) is 609 cm³/mol. The number of hydrogen-bond donors (Lipinski definition) is 11. The lowest BCUT2D eigenvalue weighted by Gasteiger charge is -2.40. The molecule has 0 radical (unpaired) electrons. The Morgan fingerprint density at radius 3 is 1.15 bits per heavy atom. The Kier molecular flexibility index (Phi) is 25.2. The third kappa shape index (κ3) is 19.2. The third-order valence-corrected chi connectivity index (χ3v) is 33.0. The van der Waals surface area contributed by atoms with Crippen LogP contribution >= 0.6 is 72.6 Å². The van der Waals surface area contributed by atoms with Crippen molar-refractivity contribution in [3.8, 4) is 5.95 Å². The number of fused-ring (bicyclic) bond motifs is 13. The fourth-order valence-electron chi connectivity index (χ4n) is 20.5. The number of hydrogen-bond acceptors (Lipinski definition) is 31. The third-order valence-electron chi connectivity index (χ3n) is 28.0. The van der Waals surface area contributed by atoms with E-state index in [0.717, 1.165) is 274 Å². The summed E-state index contributed by atoms with van der Waals surface area (Å²) in [5.41, 5.74) is 22.3. The highest BCUT2D eigenvalue weighted by molar-refractivity contribution is 9.10. The van der Waals surface area contributed by atoms with Gasteiger partial charge in [-0.25, -0.2) is 34.3 Å². The number of nitrogens with one attached hydrogen (secondary N) is 11. The van der Waals surface area contributed by atoms with Crippen LogP contribution in [0.1, 0.15) is 74.0 Å². The van der Waals surface area contributed by atoms with Crippen LogP contribution < -0.4 is 51.9 Å². The Hall–Kier alpha value is -16.6. The van der Waals surface area contributed by atoms with Crippen LogP contribution in [-0.4, -0.2) is 174 Å². The SMILES string of the molecule is Brc1ccc2c(c1)CCN2c1nc(Nc2ccc3[nH]ncc3c2)c2sccc2n1.O=c1[nH]c2ccccc2n1-c1nc(Nc2ccc3[nH]ncc3c2)c2sccc2n1.c1cc2nc(N3CCC(N4CCCCC4)CC3)nc(Nc3ccc4[nH]ncc4c3)c2s1.c1ccc(C2CCN(c3nc(Nc4ccc5[nH]ncc5c4)c4sccc4n3)CC2)cc1.c1ccc2c(c1)CCCN2c1nc(Nc2ccc3[nH]ncc3c2)c2sccc2n1. The molecule has 738 valence electrons. The van der Waals surface area contributed by atoms with Crippen molar-refractivity contribution in [3.63, 3.8) is 0 Å². The van der Waals surface area contributed by atoms with Gasteiger partial charge in [0.15, 0.2) is 29.1 Å². The molecule has 0 bridgehead atoms. The van der Waals surface area contributed by atoms with Gasteiger partial charge in [-0.1, -0.05) is 83.0 Å². The quantitative estimate of drug-likeness (QED) is 0.0403. The molecule has 5 aliphatic rings. The first kappa shape index (κ1) is 92.3. The van der Waals surface area contributed by atoms with Crippen molar-refractivity contribution in [1.29, 1.82) is 0 Å². The Balaban J connectivity index is 0.0000000941. The Morgan fingerprint density at radius 1 is 0.315 bits per heavy atom. The molecule has 9 aromatic carbocycles. The minimum absolute atomic E-state index is 0.272. The average Bonchev–Trinajstić information content (AvgIpc) is 1.62. The number of aromatic nitrogens is 22. The van der Waals surface area contributed by atoms with E-state index in [1.165, 1.54) is 77.8 Å². The summed E-state index contributed by atoms with van der Waals surface area (Å²) in [6, 6.07) is 74.7. The number of nitrogens with zero attached hydrogens (tertiary/aromatic N) is 21. The molecule has 39 heteroatoms. The van der Waals surface area contributed by atoms with E-state index in [2.05, 4.69) is 271 Å². The van der Waals surface area contributed by atoms with E-state index in [9.17, 15) is 4.79 Å². The summed E-state index contributed by atoms with van der Waals surface area (Å²) in [6.07, 6.45) is 21.1. The minimum Gasteiger partial charge on any atom is -0.341 e. The maximum Gasteiger partial charge on any atom is 0.333 e. The second kappa shape index (κ2) is 40.7. The number of rotatable bonds is 17. The number of thiophene rings is 5. The minimum atomic E-state index is -0.272. The zero-order chi connectivity index (χ0) is 99.2. The largest absolute Gasteiger partial charge is 0.341 e. The number of imidazole rings is 1. The van der Waals surface area contributed by atoms with Crippen LogP contribution in [0.3, 0.4) is 0 Å². The van der Waals surface area contributed by atoms with Gasteiger partial charge in [-0.15, -0.1) is 56.7 Å². The first-order chi connectivity index (χ1) is 73.5. The molecule has 149 heavy (non-hydrogen) atoms. The van der Waals surface area contributed by atoms with Crippen LogP contribution in [0.2, 0.25) is 0 Å². The molecule has 30 rings (SSSR count). The number of para-hydroxylation sites is 3. The summed E-state index contributed by atoms with van der Waals surface area (Å²) in [5, 5.41) is 68.4. The lowest BCUT2D eigenvalue weighted by molar-refractivity contribution is 0.141. The van der Waals surface area contributed by atoms with E-state index >= 15 is 0 Å². The summed E-state index contributed by atoms with van der Waals surface area (Å²) in [5.74, 6) is 8.13. The van der Waals surface area contributed by atoms with Gasteiger partial charge in [-0.3, -0.25) is 25.5 Å². The van der Waals surface area contributed by atoms with Gasteiger partial charge >= 0.3 is 5.69 Å². The number of H-pyrrole nitrogens is 6. The number of benzene rings is 9. The molecular formula is C110H95BrN32OS5. The number of anilines is 16. The zero-order valence-corrected chi connectivity index (χ0v) is 85.8. The number of likely N-dealkylation sites (tertiary alicyclic amines) is 1. The molecule has 0 saturated carbocycles. The Morgan fingerprint density at radius 2 is 0.698 bits per heavy atom. The van der Waals surface area contributed by atoms with E-state index in [0.29, 0.717) is 17.7 Å².